The summed E-state index contributed by atoms with van der Waals surface area (Å²) < 4.78 is 50.9. The first-order valence-electron chi connectivity index (χ1n) is 10.6. The van der Waals surface area contributed by atoms with Gasteiger partial charge in [-0.2, -0.15) is 13.2 Å². The molecule has 0 aliphatic carbocycles. The van der Waals surface area contributed by atoms with Crippen molar-refractivity contribution in [2.75, 3.05) is 7.11 Å². The molecule has 4 aromatic rings. The van der Waals surface area contributed by atoms with E-state index in [2.05, 4.69) is 0 Å². The summed E-state index contributed by atoms with van der Waals surface area (Å²) in [5, 5.41) is 20.0. The normalized spacial score (nSPS) is 12.4. The number of hydrogen-bond acceptors (Lipinski definition) is 4. The van der Waals surface area contributed by atoms with Gasteiger partial charge in [0.1, 0.15) is 17.2 Å². The van der Waals surface area contributed by atoms with Gasteiger partial charge in [-0.15, -0.1) is 0 Å². The van der Waals surface area contributed by atoms with E-state index in [0.717, 1.165) is 24.3 Å². The van der Waals surface area contributed by atoms with Crippen molar-refractivity contribution in [1.82, 2.24) is 4.57 Å². The number of fused-ring (bicyclic) bond motifs is 1. The van der Waals surface area contributed by atoms with E-state index in [1.807, 2.05) is 0 Å². The monoisotopic (exact) mass is 499 g/mol. The fourth-order valence-corrected chi connectivity index (χ4v) is 3.96. The average molecular weight is 499 g/mol. The Morgan fingerprint density at radius 1 is 0.889 bits per heavy atom. The molecule has 0 bridgehead atoms. The fraction of sp³-hybridized carbons (Fsp3) is 0.154. The summed E-state index contributed by atoms with van der Waals surface area (Å²) in [6, 6.07) is 15.3. The predicted octanol–water partition coefficient (Wildman–Crippen LogP) is 6.34. The van der Waals surface area contributed by atoms with Crippen LogP contribution in [0.2, 0.25) is 0 Å². The second kappa shape index (κ2) is 9.29. The van der Waals surface area contributed by atoms with Crippen molar-refractivity contribution in [3.8, 4) is 22.9 Å². The number of rotatable bonds is 7. The molecular formula is C26H20F3NO6. The van der Waals surface area contributed by atoms with E-state index in [1.54, 1.807) is 34.9 Å². The van der Waals surface area contributed by atoms with Gasteiger partial charge in [-0.05, 0) is 73.7 Å². The standard InChI is InChI=1S/C26H20F3NO6/c1-14(24(31)32)23-22(25(33)34)20-13-19(36-18-7-3-15(4-8-18)26(27,28)29)11-12-21(20)30(23)16-5-9-17(35-2)10-6-16/h3-14H,1-2H3,(H,31,32)(H,33,34). The molecule has 1 heterocycles. The topological polar surface area (TPSA) is 98.0 Å². The van der Waals surface area contributed by atoms with Crippen LogP contribution in [0.25, 0.3) is 16.6 Å². The number of alkyl halides is 3. The minimum Gasteiger partial charge on any atom is -0.497 e. The molecule has 7 nitrogen and oxygen atoms in total. The highest BCUT2D eigenvalue weighted by Gasteiger charge is 2.31. The zero-order chi connectivity index (χ0) is 26.2. The number of hydrogen-bond donors (Lipinski definition) is 2. The van der Waals surface area contributed by atoms with Crippen molar-refractivity contribution in [3.63, 3.8) is 0 Å². The lowest BCUT2D eigenvalue weighted by Gasteiger charge is -2.15. The molecule has 36 heavy (non-hydrogen) atoms. The maximum Gasteiger partial charge on any atom is 0.416 e. The highest BCUT2D eigenvalue weighted by Crippen LogP contribution is 2.38. The fourth-order valence-electron chi connectivity index (χ4n) is 3.96. The summed E-state index contributed by atoms with van der Waals surface area (Å²) in [7, 11) is 1.50. The average Bonchev–Trinajstić information content (AvgIpc) is 3.18. The van der Waals surface area contributed by atoms with E-state index in [-0.39, 0.29) is 28.1 Å². The number of aromatic carboxylic acids is 1. The van der Waals surface area contributed by atoms with Crippen molar-refractivity contribution >= 4 is 22.8 Å². The molecule has 3 aromatic carbocycles. The summed E-state index contributed by atoms with van der Waals surface area (Å²) in [6.07, 6.45) is -4.49. The molecule has 0 aliphatic rings. The molecule has 4 rings (SSSR count). The van der Waals surface area contributed by atoms with Gasteiger partial charge in [-0.25, -0.2) is 4.79 Å². The van der Waals surface area contributed by atoms with Crippen LogP contribution >= 0.6 is 0 Å². The third-order valence-corrected chi connectivity index (χ3v) is 5.72. The zero-order valence-corrected chi connectivity index (χ0v) is 19.0. The van der Waals surface area contributed by atoms with Gasteiger partial charge >= 0.3 is 18.1 Å². The zero-order valence-electron chi connectivity index (χ0n) is 19.0. The van der Waals surface area contributed by atoms with Gasteiger partial charge in [-0.3, -0.25) is 4.79 Å². The molecule has 0 fully saturated rings. The number of ether oxygens (including phenoxy) is 2. The van der Waals surface area contributed by atoms with E-state index < -0.39 is 29.6 Å². The van der Waals surface area contributed by atoms with Crippen LogP contribution in [0.4, 0.5) is 13.2 Å². The molecule has 0 saturated carbocycles. The summed E-state index contributed by atoms with van der Waals surface area (Å²) >= 11 is 0. The maximum atomic E-state index is 12.8. The highest BCUT2D eigenvalue weighted by atomic mass is 19.4. The number of halogens is 3. The van der Waals surface area contributed by atoms with E-state index >= 15 is 0 Å². The molecule has 1 atom stereocenters. The van der Waals surface area contributed by atoms with Crippen molar-refractivity contribution in [2.24, 2.45) is 0 Å². The SMILES string of the molecule is COc1ccc(-n2c(C(C)C(=O)O)c(C(=O)O)c3cc(Oc4ccc(C(F)(F)F)cc4)ccc32)cc1. The van der Waals surface area contributed by atoms with Gasteiger partial charge in [0.15, 0.2) is 0 Å². The largest absolute Gasteiger partial charge is 0.497 e. The third-order valence-electron chi connectivity index (χ3n) is 5.72. The van der Waals surface area contributed by atoms with E-state index in [9.17, 15) is 33.0 Å². The molecule has 186 valence electrons. The molecule has 10 heteroatoms. The van der Waals surface area contributed by atoms with Gasteiger partial charge in [0.2, 0.25) is 0 Å². The van der Waals surface area contributed by atoms with Crippen LogP contribution in [-0.2, 0) is 11.0 Å². The first-order valence-corrected chi connectivity index (χ1v) is 10.6. The maximum absolute atomic E-state index is 12.8. The molecule has 0 aliphatic heterocycles. The minimum absolute atomic E-state index is 0.0573. The van der Waals surface area contributed by atoms with Crippen LogP contribution in [0, 0.1) is 0 Å². The van der Waals surface area contributed by atoms with Crippen LogP contribution < -0.4 is 9.47 Å². The van der Waals surface area contributed by atoms with Crippen molar-refractivity contribution < 1.29 is 42.4 Å². The number of methoxy groups -OCH3 is 1. The Morgan fingerprint density at radius 2 is 1.47 bits per heavy atom. The quantitative estimate of drug-likeness (QED) is 0.308. The van der Waals surface area contributed by atoms with Crippen LogP contribution in [0.3, 0.4) is 0 Å². The van der Waals surface area contributed by atoms with E-state index in [0.29, 0.717) is 17.0 Å². The summed E-state index contributed by atoms with van der Waals surface area (Å²) in [5.41, 5.74) is -0.0500. The Hall–Kier alpha value is -4.47. The van der Waals surface area contributed by atoms with Crippen LogP contribution in [0.15, 0.2) is 66.7 Å². The first kappa shape index (κ1) is 24.6. The Labute approximate surface area is 202 Å². The molecule has 0 saturated heterocycles. The number of benzene rings is 3. The second-order valence-corrected chi connectivity index (χ2v) is 7.96. The van der Waals surface area contributed by atoms with Gasteiger partial charge in [0.05, 0.1) is 35.4 Å². The number of aromatic nitrogens is 1. The van der Waals surface area contributed by atoms with E-state index in [1.165, 1.54) is 26.2 Å². The minimum atomic E-state index is -4.49. The summed E-state index contributed by atoms with van der Waals surface area (Å²) in [6.45, 7) is 1.39. The smallest absolute Gasteiger partial charge is 0.416 e. The second-order valence-electron chi connectivity index (χ2n) is 7.96. The molecule has 0 amide bonds. The van der Waals surface area contributed by atoms with Gasteiger partial charge in [0, 0.05) is 11.1 Å². The first-order chi connectivity index (χ1) is 17.0. The lowest BCUT2D eigenvalue weighted by Crippen LogP contribution is -2.16. The summed E-state index contributed by atoms with van der Waals surface area (Å²) in [5.74, 6) is -2.86. The Balaban J connectivity index is 1.88. The number of carbonyl (C=O) groups is 2. The molecule has 0 spiro atoms. The molecule has 2 N–H and O–H groups in total. The number of carboxylic acid groups (broad SMARTS) is 2. The van der Waals surface area contributed by atoms with Crippen LogP contribution in [-0.4, -0.2) is 33.8 Å². The van der Waals surface area contributed by atoms with Gasteiger partial charge in [0.25, 0.3) is 0 Å². The number of aliphatic carboxylic acids is 1. The Morgan fingerprint density at radius 3 is 2.00 bits per heavy atom. The molecule has 0 radical (unpaired) electrons. The van der Waals surface area contributed by atoms with E-state index in [4.69, 9.17) is 9.47 Å². The number of nitrogens with zero attached hydrogens (tertiary/aromatic N) is 1. The van der Waals surface area contributed by atoms with Crippen molar-refractivity contribution in [3.05, 3.63) is 83.6 Å². The predicted molar refractivity (Wildman–Crippen MR) is 124 cm³/mol. The Bertz CT molecular complexity index is 1440. The summed E-state index contributed by atoms with van der Waals surface area (Å²) in [4.78, 5) is 24.2. The van der Waals surface area contributed by atoms with Crippen molar-refractivity contribution in [1.29, 1.82) is 0 Å². The van der Waals surface area contributed by atoms with Crippen molar-refractivity contribution in [2.45, 2.75) is 19.0 Å². The van der Waals surface area contributed by atoms with Gasteiger partial charge in [-0.1, -0.05) is 0 Å². The Kier molecular flexibility index (Phi) is 6.36. The molecule has 1 aromatic heterocycles. The molecule has 1 unspecified atom stereocenters. The highest BCUT2D eigenvalue weighted by molar-refractivity contribution is 6.07. The number of carboxylic acids is 2. The van der Waals surface area contributed by atoms with Crippen LogP contribution in [0.1, 0.15) is 34.5 Å². The molecular weight excluding hydrogens is 479 g/mol. The van der Waals surface area contributed by atoms with Crippen LogP contribution in [0.5, 0.6) is 17.2 Å². The third kappa shape index (κ3) is 4.57. The lowest BCUT2D eigenvalue weighted by molar-refractivity contribution is -0.139. The van der Waals surface area contributed by atoms with Gasteiger partial charge < -0.3 is 24.3 Å². The lowest BCUT2D eigenvalue weighted by atomic mass is 10.0.